The molecular weight excluding hydrogens is 412 g/mol. The Morgan fingerprint density at radius 2 is 1.80 bits per heavy atom. The van der Waals surface area contributed by atoms with Gasteiger partial charge in [0.15, 0.2) is 5.11 Å². The van der Waals surface area contributed by atoms with Crippen molar-refractivity contribution in [3.63, 3.8) is 0 Å². The Morgan fingerprint density at radius 3 is 2.60 bits per heavy atom. The molecule has 1 heterocycles. The van der Waals surface area contributed by atoms with Crippen molar-refractivity contribution in [3.05, 3.63) is 58.5 Å². The van der Waals surface area contributed by atoms with Gasteiger partial charge in [-0.05, 0) is 73.3 Å². The number of hydrogen-bond acceptors (Lipinski definition) is 4. The molecule has 0 saturated carbocycles. The maximum absolute atomic E-state index is 12.8. The van der Waals surface area contributed by atoms with E-state index in [9.17, 15) is 4.79 Å². The molecule has 0 amide bonds. The van der Waals surface area contributed by atoms with E-state index in [1.54, 1.807) is 11.3 Å². The molecule has 2 N–H and O–H groups in total. The van der Waals surface area contributed by atoms with Gasteiger partial charge in [-0.3, -0.25) is 0 Å². The number of esters is 1. The van der Waals surface area contributed by atoms with E-state index in [0.29, 0.717) is 17.3 Å². The van der Waals surface area contributed by atoms with E-state index < -0.39 is 0 Å². The first kappa shape index (κ1) is 20.8. The minimum Gasteiger partial charge on any atom is -0.462 e. The Kier molecular flexibility index (Phi) is 6.65. The van der Waals surface area contributed by atoms with E-state index in [2.05, 4.69) is 34.9 Å². The highest BCUT2D eigenvalue weighted by atomic mass is 32.1. The Labute approximate surface area is 186 Å². The van der Waals surface area contributed by atoms with Crippen LogP contribution in [0.5, 0.6) is 0 Å². The molecule has 2 aromatic carbocycles. The number of rotatable bonds is 4. The molecule has 156 valence electrons. The zero-order valence-electron chi connectivity index (χ0n) is 17.1. The first-order chi connectivity index (χ1) is 14.7. The van der Waals surface area contributed by atoms with Crippen LogP contribution in [-0.4, -0.2) is 17.7 Å². The number of ether oxygens (including phenoxy) is 1. The molecule has 6 heteroatoms. The second-order valence-corrected chi connectivity index (χ2v) is 9.00. The average Bonchev–Trinajstić information content (AvgIpc) is 3.04. The monoisotopic (exact) mass is 438 g/mol. The molecular formula is C24H26N2O2S2. The molecule has 30 heavy (non-hydrogen) atoms. The van der Waals surface area contributed by atoms with Crippen molar-refractivity contribution in [3.8, 4) is 0 Å². The van der Waals surface area contributed by atoms with Crippen LogP contribution in [0.15, 0.2) is 42.5 Å². The third kappa shape index (κ3) is 4.65. The largest absolute Gasteiger partial charge is 0.462 e. The number of aryl methyl sites for hydroxylation is 1. The maximum Gasteiger partial charge on any atom is 0.341 e. The summed E-state index contributed by atoms with van der Waals surface area (Å²) in [5, 5.41) is 10.1. The summed E-state index contributed by atoms with van der Waals surface area (Å²) in [6, 6.07) is 14.4. The highest BCUT2D eigenvalue weighted by molar-refractivity contribution is 7.80. The molecule has 0 atom stereocenters. The minimum absolute atomic E-state index is 0.258. The summed E-state index contributed by atoms with van der Waals surface area (Å²) >= 11 is 7.22. The lowest BCUT2D eigenvalue weighted by molar-refractivity contribution is 0.0526. The van der Waals surface area contributed by atoms with Crippen molar-refractivity contribution in [2.75, 3.05) is 17.2 Å². The molecule has 4 rings (SSSR count). The van der Waals surface area contributed by atoms with Gasteiger partial charge in [-0.2, -0.15) is 0 Å². The quantitative estimate of drug-likeness (QED) is 0.357. The standard InChI is InChI=1S/C24H26N2O2S2/c1-2-28-23(27)21-19-11-5-3-4-6-12-20(19)30-22(21)26-24(29)25-18-14-13-16-9-7-8-10-17(16)15-18/h7-10,13-15H,2-6,11-12H2,1H3,(H2,25,26,29). The van der Waals surface area contributed by atoms with Crippen LogP contribution in [0.4, 0.5) is 10.7 Å². The molecule has 1 aliphatic rings. The fourth-order valence-corrected chi connectivity index (χ4v) is 5.53. The van der Waals surface area contributed by atoms with Gasteiger partial charge in [-0.1, -0.05) is 43.2 Å². The molecule has 0 unspecified atom stereocenters. The van der Waals surface area contributed by atoms with E-state index in [0.717, 1.165) is 47.3 Å². The van der Waals surface area contributed by atoms with Crippen LogP contribution in [-0.2, 0) is 17.6 Å². The summed E-state index contributed by atoms with van der Waals surface area (Å²) in [4.78, 5) is 14.0. The summed E-state index contributed by atoms with van der Waals surface area (Å²) in [5.74, 6) is -0.258. The molecule has 1 aliphatic carbocycles. The van der Waals surface area contributed by atoms with Gasteiger partial charge in [-0.15, -0.1) is 11.3 Å². The SMILES string of the molecule is CCOC(=O)c1c(NC(=S)Nc2ccc3ccccc3c2)sc2c1CCCCCC2. The van der Waals surface area contributed by atoms with E-state index in [1.807, 2.05) is 25.1 Å². The molecule has 1 aromatic heterocycles. The molecule has 0 aliphatic heterocycles. The molecule has 0 radical (unpaired) electrons. The van der Waals surface area contributed by atoms with Crippen molar-refractivity contribution in [1.29, 1.82) is 0 Å². The van der Waals surface area contributed by atoms with Gasteiger partial charge in [0.1, 0.15) is 5.00 Å². The van der Waals surface area contributed by atoms with Crippen molar-refractivity contribution < 1.29 is 9.53 Å². The van der Waals surface area contributed by atoms with E-state index in [1.165, 1.54) is 23.1 Å². The van der Waals surface area contributed by atoms with Gasteiger partial charge in [-0.25, -0.2) is 4.79 Å². The molecule has 0 spiro atoms. The van der Waals surface area contributed by atoms with E-state index in [-0.39, 0.29) is 5.97 Å². The summed E-state index contributed by atoms with van der Waals surface area (Å²) in [7, 11) is 0. The van der Waals surface area contributed by atoms with Crippen LogP contribution in [0.25, 0.3) is 10.8 Å². The zero-order chi connectivity index (χ0) is 20.9. The second kappa shape index (κ2) is 9.58. The zero-order valence-corrected chi connectivity index (χ0v) is 18.8. The predicted octanol–water partition coefficient (Wildman–Crippen LogP) is 6.55. The fraction of sp³-hybridized carbons (Fsp3) is 0.333. The van der Waals surface area contributed by atoms with Crippen LogP contribution in [0.3, 0.4) is 0 Å². The lowest BCUT2D eigenvalue weighted by Gasteiger charge is -2.13. The average molecular weight is 439 g/mol. The van der Waals surface area contributed by atoms with Gasteiger partial charge < -0.3 is 15.4 Å². The normalized spacial score (nSPS) is 13.8. The maximum atomic E-state index is 12.8. The van der Waals surface area contributed by atoms with Crippen LogP contribution >= 0.6 is 23.6 Å². The summed E-state index contributed by atoms with van der Waals surface area (Å²) < 4.78 is 5.38. The third-order valence-electron chi connectivity index (χ3n) is 5.39. The molecule has 0 bridgehead atoms. The van der Waals surface area contributed by atoms with Gasteiger partial charge in [0, 0.05) is 10.6 Å². The van der Waals surface area contributed by atoms with Crippen molar-refractivity contribution in [1.82, 2.24) is 0 Å². The Balaban J connectivity index is 1.58. The van der Waals surface area contributed by atoms with E-state index in [4.69, 9.17) is 17.0 Å². The number of thiophene rings is 1. The van der Waals surface area contributed by atoms with Crippen molar-refractivity contribution in [2.24, 2.45) is 0 Å². The number of thiocarbonyl (C=S) groups is 1. The number of benzene rings is 2. The first-order valence-corrected chi connectivity index (χ1v) is 11.8. The number of carbonyl (C=O) groups excluding carboxylic acids is 1. The summed E-state index contributed by atoms with van der Waals surface area (Å²) in [6.45, 7) is 2.20. The van der Waals surface area contributed by atoms with E-state index >= 15 is 0 Å². The number of nitrogens with one attached hydrogen (secondary N) is 2. The number of fused-ring (bicyclic) bond motifs is 2. The van der Waals surface area contributed by atoms with Crippen molar-refractivity contribution >= 4 is 56.1 Å². The Hall–Kier alpha value is -2.44. The lowest BCUT2D eigenvalue weighted by Crippen LogP contribution is -2.20. The Morgan fingerprint density at radius 1 is 1.03 bits per heavy atom. The number of hydrogen-bond donors (Lipinski definition) is 2. The van der Waals surface area contributed by atoms with Gasteiger partial charge in [0.25, 0.3) is 0 Å². The molecule has 0 saturated heterocycles. The highest BCUT2D eigenvalue weighted by Crippen LogP contribution is 2.37. The Bertz CT molecular complexity index is 1070. The lowest BCUT2D eigenvalue weighted by atomic mass is 9.96. The third-order valence-corrected chi connectivity index (χ3v) is 6.80. The van der Waals surface area contributed by atoms with Crippen LogP contribution in [0.1, 0.15) is 53.4 Å². The topological polar surface area (TPSA) is 50.4 Å². The van der Waals surface area contributed by atoms with Crippen LogP contribution in [0.2, 0.25) is 0 Å². The van der Waals surface area contributed by atoms with Gasteiger partial charge >= 0.3 is 5.97 Å². The van der Waals surface area contributed by atoms with Crippen molar-refractivity contribution in [2.45, 2.75) is 45.4 Å². The molecule has 3 aromatic rings. The predicted molar refractivity (Wildman–Crippen MR) is 130 cm³/mol. The van der Waals surface area contributed by atoms with Gasteiger partial charge in [0.05, 0.1) is 12.2 Å². The minimum atomic E-state index is -0.258. The summed E-state index contributed by atoms with van der Waals surface area (Å²) in [6.07, 6.45) is 6.66. The summed E-state index contributed by atoms with van der Waals surface area (Å²) in [5.41, 5.74) is 2.73. The molecule has 0 fully saturated rings. The number of anilines is 2. The van der Waals surface area contributed by atoms with Crippen LogP contribution in [0, 0.1) is 0 Å². The smallest absolute Gasteiger partial charge is 0.341 e. The van der Waals surface area contributed by atoms with Gasteiger partial charge in [0.2, 0.25) is 0 Å². The second-order valence-electron chi connectivity index (χ2n) is 7.48. The molecule has 4 nitrogen and oxygen atoms in total. The van der Waals surface area contributed by atoms with Crippen LogP contribution < -0.4 is 10.6 Å². The fourth-order valence-electron chi connectivity index (χ4n) is 3.96. The highest BCUT2D eigenvalue weighted by Gasteiger charge is 2.25. The number of carbonyl (C=O) groups is 1. The first-order valence-electron chi connectivity index (χ1n) is 10.5.